The molecule has 6 nitrogen and oxygen atoms in total. The van der Waals surface area contributed by atoms with E-state index < -0.39 is 17.5 Å². The number of anilines is 1. The molecule has 1 aromatic heterocycles. The Labute approximate surface area is 170 Å². The van der Waals surface area contributed by atoms with E-state index in [9.17, 15) is 13.6 Å². The van der Waals surface area contributed by atoms with Crippen LogP contribution in [0.2, 0.25) is 0 Å². The Morgan fingerprint density at radius 1 is 0.933 bits per heavy atom. The van der Waals surface area contributed by atoms with E-state index in [0.29, 0.717) is 28.5 Å². The number of hydrogen-bond donors (Lipinski definition) is 1. The first-order valence-electron chi connectivity index (χ1n) is 8.98. The molecule has 0 unspecified atom stereocenters. The van der Waals surface area contributed by atoms with Crippen LogP contribution >= 0.6 is 0 Å². The highest BCUT2D eigenvalue weighted by molar-refractivity contribution is 6.02. The monoisotopic (exact) mass is 406 g/mol. The molecule has 0 saturated carbocycles. The highest BCUT2D eigenvalue weighted by Crippen LogP contribution is 2.25. The number of aromatic nitrogens is 3. The van der Waals surface area contributed by atoms with Crippen molar-refractivity contribution in [1.29, 1.82) is 0 Å². The first-order chi connectivity index (χ1) is 14.5. The van der Waals surface area contributed by atoms with Crippen LogP contribution in [0.1, 0.15) is 10.6 Å². The fourth-order valence-corrected chi connectivity index (χ4v) is 2.88. The van der Waals surface area contributed by atoms with Crippen molar-refractivity contribution in [2.24, 2.45) is 0 Å². The van der Waals surface area contributed by atoms with Crippen molar-refractivity contribution in [1.82, 2.24) is 14.8 Å². The summed E-state index contributed by atoms with van der Waals surface area (Å²) >= 11 is 0. The number of amides is 1. The van der Waals surface area contributed by atoms with Gasteiger partial charge in [0.25, 0.3) is 5.91 Å². The van der Waals surface area contributed by atoms with Gasteiger partial charge in [0.1, 0.15) is 17.4 Å². The van der Waals surface area contributed by atoms with Gasteiger partial charge in [0.2, 0.25) is 5.82 Å². The molecular formula is C22H16F2N4O2. The summed E-state index contributed by atoms with van der Waals surface area (Å²) in [4.78, 5) is 17.1. The van der Waals surface area contributed by atoms with E-state index in [4.69, 9.17) is 4.74 Å². The number of nitrogens with one attached hydrogen (secondary N) is 1. The molecule has 4 aromatic rings. The first-order valence-corrected chi connectivity index (χ1v) is 8.98. The van der Waals surface area contributed by atoms with E-state index in [1.165, 1.54) is 60.3 Å². The van der Waals surface area contributed by atoms with Crippen LogP contribution in [-0.2, 0) is 0 Å². The highest BCUT2D eigenvalue weighted by Gasteiger charge is 2.20. The second kappa shape index (κ2) is 8.12. The van der Waals surface area contributed by atoms with Gasteiger partial charge in [-0.3, -0.25) is 4.79 Å². The lowest BCUT2D eigenvalue weighted by atomic mass is 10.2. The summed E-state index contributed by atoms with van der Waals surface area (Å²) in [5.41, 5.74) is 1.51. The zero-order valence-corrected chi connectivity index (χ0v) is 15.8. The van der Waals surface area contributed by atoms with E-state index in [-0.39, 0.29) is 5.82 Å². The van der Waals surface area contributed by atoms with Gasteiger partial charge in [-0.25, -0.2) is 18.4 Å². The second-order valence-electron chi connectivity index (χ2n) is 6.31. The number of halogens is 2. The van der Waals surface area contributed by atoms with Gasteiger partial charge in [-0.15, -0.1) is 5.10 Å². The second-order valence-corrected chi connectivity index (χ2v) is 6.31. The minimum absolute atomic E-state index is 0.107. The molecule has 0 fully saturated rings. The largest absolute Gasteiger partial charge is 0.495 e. The van der Waals surface area contributed by atoms with Crippen LogP contribution in [0.15, 0.2) is 72.8 Å². The molecule has 0 aliphatic carbocycles. The number of carbonyl (C=O) groups is 1. The average molecular weight is 406 g/mol. The Kier molecular flexibility index (Phi) is 5.21. The molecule has 0 saturated heterocycles. The van der Waals surface area contributed by atoms with Gasteiger partial charge >= 0.3 is 0 Å². The molecule has 0 spiro atoms. The van der Waals surface area contributed by atoms with E-state index >= 15 is 0 Å². The molecule has 0 aliphatic heterocycles. The van der Waals surface area contributed by atoms with E-state index in [1.54, 1.807) is 24.3 Å². The van der Waals surface area contributed by atoms with Crippen molar-refractivity contribution in [3.05, 3.63) is 90.3 Å². The minimum atomic E-state index is -0.552. The third-order valence-electron chi connectivity index (χ3n) is 4.34. The van der Waals surface area contributed by atoms with Gasteiger partial charge in [0.05, 0.1) is 18.5 Å². The molecule has 1 amide bonds. The minimum Gasteiger partial charge on any atom is -0.495 e. The zero-order valence-electron chi connectivity index (χ0n) is 15.8. The molecule has 0 radical (unpaired) electrons. The third-order valence-corrected chi connectivity index (χ3v) is 4.34. The molecule has 0 bridgehead atoms. The van der Waals surface area contributed by atoms with Crippen LogP contribution in [0.4, 0.5) is 14.5 Å². The van der Waals surface area contributed by atoms with Crippen LogP contribution in [0.25, 0.3) is 17.1 Å². The van der Waals surface area contributed by atoms with Crippen LogP contribution < -0.4 is 10.1 Å². The van der Waals surface area contributed by atoms with Gasteiger partial charge in [-0.1, -0.05) is 12.1 Å². The van der Waals surface area contributed by atoms with Gasteiger partial charge in [0, 0.05) is 5.56 Å². The number of rotatable bonds is 5. The maximum absolute atomic E-state index is 13.4. The molecule has 30 heavy (non-hydrogen) atoms. The normalized spacial score (nSPS) is 10.6. The quantitative estimate of drug-likeness (QED) is 0.531. The first kappa shape index (κ1) is 19.3. The predicted molar refractivity (Wildman–Crippen MR) is 108 cm³/mol. The Balaban J connectivity index is 1.75. The topological polar surface area (TPSA) is 69.0 Å². The summed E-state index contributed by atoms with van der Waals surface area (Å²) in [6.45, 7) is 0. The summed E-state index contributed by atoms with van der Waals surface area (Å²) in [6.07, 6.45) is 0. The maximum atomic E-state index is 13.4. The Morgan fingerprint density at radius 2 is 1.57 bits per heavy atom. The van der Waals surface area contributed by atoms with Crippen LogP contribution in [0, 0.1) is 11.6 Å². The molecule has 1 N–H and O–H groups in total. The predicted octanol–water partition coefficient (Wildman–Crippen LogP) is 4.47. The Bertz CT molecular complexity index is 1130. The average Bonchev–Trinajstić information content (AvgIpc) is 3.21. The molecule has 150 valence electrons. The zero-order chi connectivity index (χ0) is 21.1. The van der Waals surface area contributed by atoms with E-state index in [0.717, 1.165) is 0 Å². The Morgan fingerprint density at radius 3 is 2.23 bits per heavy atom. The summed E-state index contributed by atoms with van der Waals surface area (Å²) < 4.78 is 33.4. The van der Waals surface area contributed by atoms with Crippen molar-refractivity contribution in [2.75, 3.05) is 12.4 Å². The summed E-state index contributed by atoms with van der Waals surface area (Å²) in [7, 11) is 1.50. The highest BCUT2D eigenvalue weighted by atomic mass is 19.1. The number of carbonyl (C=O) groups excluding carboxylic acids is 1. The van der Waals surface area contributed by atoms with Crippen LogP contribution in [0.3, 0.4) is 0 Å². The summed E-state index contributed by atoms with van der Waals surface area (Å²) in [5.74, 6) is -0.667. The van der Waals surface area contributed by atoms with Gasteiger partial charge in [0.15, 0.2) is 5.82 Å². The molecule has 0 atom stereocenters. The molecule has 8 heteroatoms. The maximum Gasteiger partial charge on any atom is 0.295 e. The molecule has 0 aliphatic rings. The van der Waals surface area contributed by atoms with E-state index in [1.807, 2.05) is 0 Å². The number of para-hydroxylation sites is 2. The van der Waals surface area contributed by atoms with Gasteiger partial charge < -0.3 is 10.1 Å². The van der Waals surface area contributed by atoms with Gasteiger partial charge in [-0.2, -0.15) is 0 Å². The third kappa shape index (κ3) is 3.88. The molecule has 3 aromatic carbocycles. The van der Waals surface area contributed by atoms with Gasteiger partial charge in [-0.05, 0) is 60.7 Å². The summed E-state index contributed by atoms with van der Waals surface area (Å²) in [5, 5.41) is 7.01. The van der Waals surface area contributed by atoms with Crippen molar-refractivity contribution < 1.29 is 18.3 Å². The number of ether oxygens (including phenoxy) is 1. The SMILES string of the molecule is COc1ccccc1NC(=O)c1nc(-c2ccc(F)cc2)n(-c2ccc(F)cc2)n1. The fraction of sp³-hybridized carbons (Fsp3) is 0.0455. The van der Waals surface area contributed by atoms with Crippen molar-refractivity contribution in [3.63, 3.8) is 0 Å². The van der Waals surface area contributed by atoms with E-state index in [2.05, 4.69) is 15.4 Å². The fourth-order valence-electron chi connectivity index (χ4n) is 2.88. The lowest BCUT2D eigenvalue weighted by molar-refractivity contribution is 0.101. The Hall–Kier alpha value is -4.07. The lowest BCUT2D eigenvalue weighted by Gasteiger charge is -2.08. The van der Waals surface area contributed by atoms with Crippen LogP contribution in [-0.4, -0.2) is 27.8 Å². The standard InChI is InChI=1S/C22H16F2N4O2/c1-30-19-5-3-2-4-18(19)25-22(29)20-26-21(14-6-8-15(23)9-7-14)28(27-20)17-12-10-16(24)11-13-17/h2-13H,1H3,(H,25,29). The van der Waals surface area contributed by atoms with Crippen molar-refractivity contribution >= 4 is 11.6 Å². The lowest BCUT2D eigenvalue weighted by Crippen LogP contribution is -2.15. The van der Waals surface area contributed by atoms with Crippen molar-refractivity contribution in [2.45, 2.75) is 0 Å². The molecular weight excluding hydrogens is 390 g/mol. The summed E-state index contributed by atoms with van der Waals surface area (Å²) in [6, 6.07) is 18.1. The number of nitrogens with zero attached hydrogens (tertiary/aromatic N) is 3. The molecule has 4 rings (SSSR count). The number of methoxy groups -OCH3 is 1. The van der Waals surface area contributed by atoms with Crippen LogP contribution in [0.5, 0.6) is 5.75 Å². The smallest absolute Gasteiger partial charge is 0.295 e. The van der Waals surface area contributed by atoms with Crippen molar-refractivity contribution in [3.8, 4) is 22.8 Å². The number of hydrogen-bond acceptors (Lipinski definition) is 4. The number of benzene rings is 3. The molecule has 1 heterocycles.